The maximum Gasteiger partial charge on any atom is 0.147 e. The zero-order chi connectivity index (χ0) is 12.4. The third-order valence-corrected chi connectivity index (χ3v) is 4.95. The first-order valence-electron chi connectivity index (χ1n) is 7.47. The SMILES string of the molecule is CN1C2CCCC1CC(NCC1CCOCO1)C2. The highest BCUT2D eigenvalue weighted by atomic mass is 16.7. The van der Waals surface area contributed by atoms with E-state index in [1.54, 1.807) is 0 Å². The minimum absolute atomic E-state index is 0.359. The fraction of sp³-hybridized carbons (Fsp3) is 1.00. The van der Waals surface area contributed by atoms with Gasteiger partial charge in [-0.15, -0.1) is 0 Å². The molecule has 3 rings (SSSR count). The molecule has 0 aromatic rings. The predicted octanol–water partition coefficient (Wildman–Crippen LogP) is 1.35. The molecule has 18 heavy (non-hydrogen) atoms. The van der Waals surface area contributed by atoms with Gasteiger partial charge in [0.15, 0.2) is 0 Å². The lowest BCUT2D eigenvalue weighted by molar-refractivity contribution is -0.138. The van der Waals surface area contributed by atoms with Crippen molar-refractivity contribution in [2.75, 3.05) is 27.0 Å². The normalized spacial score (nSPS) is 41.8. The number of nitrogens with one attached hydrogen (secondary N) is 1. The Morgan fingerprint density at radius 3 is 2.61 bits per heavy atom. The average Bonchev–Trinajstić information content (AvgIpc) is 2.38. The van der Waals surface area contributed by atoms with Gasteiger partial charge in [-0.25, -0.2) is 0 Å². The van der Waals surface area contributed by atoms with Gasteiger partial charge in [0.25, 0.3) is 0 Å². The first-order valence-corrected chi connectivity index (χ1v) is 7.47. The van der Waals surface area contributed by atoms with Crippen LogP contribution >= 0.6 is 0 Å². The number of rotatable bonds is 3. The molecule has 3 heterocycles. The lowest BCUT2D eigenvalue weighted by Crippen LogP contribution is -2.55. The topological polar surface area (TPSA) is 33.7 Å². The van der Waals surface area contributed by atoms with Gasteiger partial charge >= 0.3 is 0 Å². The van der Waals surface area contributed by atoms with Gasteiger partial charge in [0.2, 0.25) is 0 Å². The minimum atomic E-state index is 0.359. The fourth-order valence-corrected chi connectivity index (χ4v) is 3.74. The van der Waals surface area contributed by atoms with Crippen LogP contribution in [-0.2, 0) is 9.47 Å². The van der Waals surface area contributed by atoms with Crippen molar-refractivity contribution in [1.29, 1.82) is 0 Å². The summed E-state index contributed by atoms with van der Waals surface area (Å²) in [6, 6.07) is 2.32. The Kier molecular flexibility index (Phi) is 4.19. The molecule has 104 valence electrons. The number of ether oxygens (including phenoxy) is 2. The summed E-state index contributed by atoms with van der Waals surface area (Å²) >= 11 is 0. The second-order valence-electron chi connectivity index (χ2n) is 6.08. The maximum absolute atomic E-state index is 5.59. The van der Waals surface area contributed by atoms with Crippen molar-refractivity contribution in [2.24, 2.45) is 0 Å². The third kappa shape index (κ3) is 2.87. The number of hydrogen-bond donors (Lipinski definition) is 1. The van der Waals surface area contributed by atoms with E-state index in [-0.39, 0.29) is 0 Å². The van der Waals surface area contributed by atoms with Crippen molar-refractivity contribution < 1.29 is 9.47 Å². The first kappa shape index (κ1) is 12.9. The fourth-order valence-electron chi connectivity index (χ4n) is 3.74. The Hall–Kier alpha value is -0.160. The highest BCUT2D eigenvalue weighted by Gasteiger charge is 2.35. The van der Waals surface area contributed by atoms with E-state index < -0.39 is 0 Å². The van der Waals surface area contributed by atoms with Gasteiger partial charge in [-0.1, -0.05) is 6.42 Å². The highest BCUT2D eigenvalue weighted by molar-refractivity contribution is 4.93. The van der Waals surface area contributed by atoms with Crippen molar-refractivity contribution in [3.63, 3.8) is 0 Å². The smallest absolute Gasteiger partial charge is 0.147 e. The molecule has 0 amide bonds. The maximum atomic E-state index is 5.59. The largest absolute Gasteiger partial charge is 0.355 e. The molecule has 4 heteroatoms. The molecule has 0 saturated carbocycles. The molecule has 1 N–H and O–H groups in total. The molecule has 3 unspecified atom stereocenters. The molecule has 3 aliphatic heterocycles. The van der Waals surface area contributed by atoms with E-state index in [0.717, 1.165) is 31.7 Å². The van der Waals surface area contributed by atoms with E-state index >= 15 is 0 Å². The van der Waals surface area contributed by atoms with Crippen LogP contribution in [0.1, 0.15) is 38.5 Å². The van der Waals surface area contributed by atoms with Crippen LogP contribution in [0, 0.1) is 0 Å². The number of nitrogens with zero attached hydrogens (tertiary/aromatic N) is 1. The summed E-state index contributed by atoms with van der Waals surface area (Å²) in [5.41, 5.74) is 0. The molecule has 3 fully saturated rings. The Labute approximate surface area is 110 Å². The molecular weight excluding hydrogens is 228 g/mol. The van der Waals surface area contributed by atoms with Gasteiger partial charge in [-0.05, 0) is 39.2 Å². The van der Waals surface area contributed by atoms with Gasteiger partial charge in [0, 0.05) is 24.7 Å². The Bertz CT molecular complexity index is 255. The summed E-state index contributed by atoms with van der Waals surface area (Å²) < 4.78 is 10.8. The summed E-state index contributed by atoms with van der Waals surface area (Å²) in [6.07, 6.45) is 8.23. The van der Waals surface area contributed by atoms with Crippen LogP contribution in [0.15, 0.2) is 0 Å². The van der Waals surface area contributed by atoms with Crippen LogP contribution in [0.3, 0.4) is 0 Å². The second kappa shape index (κ2) is 5.87. The molecule has 0 aromatic heterocycles. The van der Waals surface area contributed by atoms with E-state index in [0.29, 0.717) is 18.9 Å². The van der Waals surface area contributed by atoms with Crippen molar-refractivity contribution in [2.45, 2.75) is 62.8 Å². The summed E-state index contributed by atoms with van der Waals surface area (Å²) in [4.78, 5) is 2.62. The van der Waals surface area contributed by atoms with Crippen LogP contribution in [0.4, 0.5) is 0 Å². The van der Waals surface area contributed by atoms with Gasteiger partial charge < -0.3 is 19.7 Å². The molecule has 2 bridgehead atoms. The molecule has 3 atom stereocenters. The van der Waals surface area contributed by atoms with E-state index in [1.807, 2.05) is 0 Å². The van der Waals surface area contributed by atoms with Crippen LogP contribution in [0.2, 0.25) is 0 Å². The van der Waals surface area contributed by atoms with Gasteiger partial charge in [-0.3, -0.25) is 0 Å². The van der Waals surface area contributed by atoms with Gasteiger partial charge in [0.05, 0.1) is 12.7 Å². The van der Waals surface area contributed by atoms with E-state index in [9.17, 15) is 0 Å². The lowest BCUT2D eigenvalue weighted by atomic mass is 9.82. The standard InChI is InChI=1S/C14H26N2O2/c1-16-12-3-2-4-13(16)8-11(7-12)15-9-14-5-6-17-10-18-14/h11-15H,2-10H2,1H3. The molecule has 3 saturated heterocycles. The van der Waals surface area contributed by atoms with Crippen molar-refractivity contribution in [1.82, 2.24) is 10.2 Å². The monoisotopic (exact) mass is 254 g/mol. The lowest BCUT2D eigenvalue weighted by Gasteiger charge is -2.47. The molecule has 0 radical (unpaired) electrons. The van der Waals surface area contributed by atoms with E-state index in [4.69, 9.17) is 9.47 Å². The number of piperidine rings is 2. The summed E-state index contributed by atoms with van der Waals surface area (Å²) in [7, 11) is 2.31. The predicted molar refractivity (Wildman–Crippen MR) is 70.5 cm³/mol. The molecule has 3 aliphatic rings. The first-order chi connectivity index (χ1) is 8.83. The van der Waals surface area contributed by atoms with E-state index in [2.05, 4.69) is 17.3 Å². The van der Waals surface area contributed by atoms with Crippen molar-refractivity contribution in [3.8, 4) is 0 Å². The summed E-state index contributed by atoms with van der Waals surface area (Å²) in [5, 5.41) is 3.73. The second-order valence-corrected chi connectivity index (χ2v) is 6.08. The zero-order valence-corrected chi connectivity index (χ0v) is 11.4. The van der Waals surface area contributed by atoms with E-state index in [1.165, 1.54) is 32.1 Å². The molecule has 0 aromatic carbocycles. The van der Waals surface area contributed by atoms with Gasteiger partial charge in [0.1, 0.15) is 6.79 Å². The molecular formula is C14H26N2O2. The third-order valence-electron chi connectivity index (χ3n) is 4.95. The van der Waals surface area contributed by atoms with Crippen LogP contribution < -0.4 is 5.32 Å². The van der Waals surface area contributed by atoms with Crippen molar-refractivity contribution >= 4 is 0 Å². The molecule has 0 spiro atoms. The zero-order valence-electron chi connectivity index (χ0n) is 11.4. The van der Waals surface area contributed by atoms with Crippen LogP contribution in [-0.4, -0.2) is 56.1 Å². The Morgan fingerprint density at radius 1 is 1.17 bits per heavy atom. The average molecular weight is 254 g/mol. The number of hydrogen-bond acceptors (Lipinski definition) is 4. The Morgan fingerprint density at radius 2 is 1.94 bits per heavy atom. The Balaban J connectivity index is 1.46. The van der Waals surface area contributed by atoms with Crippen LogP contribution in [0.5, 0.6) is 0 Å². The molecule has 0 aliphatic carbocycles. The van der Waals surface area contributed by atoms with Crippen molar-refractivity contribution in [3.05, 3.63) is 0 Å². The summed E-state index contributed by atoms with van der Waals surface area (Å²) in [6.45, 7) is 2.33. The minimum Gasteiger partial charge on any atom is -0.355 e. The molecule has 4 nitrogen and oxygen atoms in total. The highest BCUT2D eigenvalue weighted by Crippen LogP contribution is 2.32. The van der Waals surface area contributed by atoms with Crippen LogP contribution in [0.25, 0.3) is 0 Å². The summed E-state index contributed by atoms with van der Waals surface area (Å²) in [5.74, 6) is 0. The quantitative estimate of drug-likeness (QED) is 0.824. The number of fused-ring (bicyclic) bond motifs is 2. The van der Waals surface area contributed by atoms with Gasteiger partial charge in [-0.2, -0.15) is 0 Å².